The summed E-state index contributed by atoms with van der Waals surface area (Å²) in [6, 6.07) is 6.29. The smallest absolute Gasteiger partial charge is 0.326 e. The van der Waals surface area contributed by atoms with Crippen molar-refractivity contribution in [1.82, 2.24) is 4.90 Å². The Hall–Kier alpha value is -1.60. The third-order valence-electron chi connectivity index (χ3n) is 3.27. The molecule has 2 rings (SSSR count). The number of carboxylic acids is 1. The lowest BCUT2D eigenvalue weighted by atomic mass is 10.2. The highest BCUT2D eigenvalue weighted by Gasteiger charge is 2.38. The van der Waals surface area contributed by atoms with Crippen LogP contribution in [0, 0.1) is 0 Å². The summed E-state index contributed by atoms with van der Waals surface area (Å²) >= 11 is 3.32. The number of amides is 1. The molecule has 0 unspecified atom stereocenters. The summed E-state index contributed by atoms with van der Waals surface area (Å²) in [5, 5.41) is 18.6. The topological polar surface area (TPSA) is 87.1 Å². The molecular weight excluding hydrogens is 342 g/mol. The van der Waals surface area contributed by atoms with Crippen LogP contribution in [0.4, 0.5) is 0 Å². The summed E-state index contributed by atoms with van der Waals surface area (Å²) in [7, 11) is 0. The summed E-state index contributed by atoms with van der Waals surface area (Å²) in [5.41, 5.74) is 0. The van der Waals surface area contributed by atoms with Gasteiger partial charge in [-0.2, -0.15) is 0 Å². The maximum atomic E-state index is 12.0. The number of hydrogen-bond acceptors (Lipinski definition) is 4. The molecule has 2 N–H and O–H groups in total. The number of nitrogens with zero attached hydrogens (tertiary/aromatic N) is 1. The van der Waals surface area contributed by atoms with Gasteiger partial charge in [-0.1, -0.05) is 22.0 Å². The van der Waals surface area contributed by atoms with Crippen LogP contribution in [0.15, 0.2) is 28.7 Å². The Labute approximate surface area is 130 Å². The minimum Gasteiger partial charge on any atom is -0.493 e. The van der Waals surface area contributed by atoms with Gasteiger partial charge in [0.25, 0.3) is 0 Å². The zero-order valence-corrected chi connectivity index (χ0v) is 12.8. The average Bonchev–Trinajstić information content (AvgIpc) is 2.81. The molecule has 1 fully saturated rings. The number of hydrogen-bond donors (Lipinski definition) is 2. The molecular formula is C14H16BrNO5. The maximum Gasteiger partial charge on any atom is 0.326 e. The number of carboxylic acid groups (broad SMARTS) is 1. The fourth-order valence-corrected chi connectivity index (χ4v) is 2.66. The van der Waals surface area contributed by atoms with Gasteiger partial charge in [0.05, 0.1) is 19.1 Å². The van der Waals surface area contributed by atoms with Crippen molar-refractivity contribution >= 4 is 27.8 Å². The Morgan fingerprint density at radius 2 is 2.19 bits per heavy atom. The van der Waals surface area contributed by atoms with Crippen molar-refractivity contribution in [2.45, 2.75) is 25.0 Å². The number of ether oxygens (including phenoxy) is 1. The van der Waals surface area contributed by atoms with Gasteiger partial charge in [0.15, 0.2) is 0 Å². The SMILES string of the molecule is O=C(O)[C@H]1C[C@@H](O)CN1C(=O)CCOc1cccc(Br)c1. The van der Waals surface area contributed by atoms with E-state index >= 15 is 0 Å². The van der Waals surface area contributed by atoms with Gasteiger partial charge in [0, 0.05) is 17.4 Å². The summed E-state index contributed by atoms with van der Waals surface area (Å²) in [6.45, 7) is 0.223. The molecule has 0 aliphatic carbocycles. The van der Waals surface area contributed by atoms with Gasteiger partial charge in [0.1, 0.15) is 11.8 Å². The van der Waals surface area contributed by atoms with Crippen molar-refractivity contribution in [2.75, 3.05) is 13.2 Å². The molecule has 1 aromatic carbocycles. The van der Waals surface area contributed by atoms with Gasteiger partial charge in [0.2, 0.25) is 5.91 Å². The molecule has 6 nitrogen and oxygen atoms in total. The summed E-state index contributed by atoms with van der Waals surface area (Å²) in [5.74, 6) is -0.782. The fourth-order valence-electron chi connectivity index (χ4n) is 2.28. The van der Waals surface area contributed by atoms with Gasteiger partial charge in [-0.15, -0.1) is 0 Å². The Balaban J connectivity index is 1.85. The summed E-state index contributed by atoms with van der Waals surface area (Å²) in [4.78, 5) is 24.3. The van der Waals surface area contributed by atoms with Crippen molar-refractivity contribution in [3.8, 4) is 5.75 Å². The third kappa shape index (κ3) is 4.18. The van der Waals surface area contributed by atoms with Crippen LogP contribution in [0.1, 0.15) is 12.8 Å². The van der Waals surface area contributed by atoms with Crippen LogP contribution in [0.2, 0.25) is 0 Å². The molecule has 21 heavy (non-hydrogen) atoms. The number of halogens is 1. The van der Waals surface area contributed by atoms with Crippen molar-refractivity contribution in [1.29, 1.82) is 0 Å². The molecule has 7 heteroatoms. The molecule has 1 heterocycles. The second kappa shape index (κ2) is 6.91. The van der Waals surface area contributed by atoms with Gasteiger partial charge in [-0.05, 0) is 18.2 Å². The van der Waals surface area contributed by atoms with Crippen molar-refractivity contribution in [2.24, 2.45) is 0 Å². The predicted molar refractivity (Wildman–Crippen MR) is 78.0 cm³/mol. The number of aliphatic hydroxyl groups excluding tert-OH is 1. The average molecular weight is 358 g/mol. The van der Waals surface area contributed by atoms with Gasteiger partial charge in [-0.25, -0.2) is 4.79 Å². The Bertz CT molecular complexity index is 536. The molecule has 0 spiro atoms. The maximum absolute atomic E-state index is 12.0. The zero-order valence-electron chi connectivity index (χ0n) is 11.2. The lowest BCUT2D eigenvalue weighted by Gasteiger charge is -2.21. The minimum atomic E-state index is -1.09. The van der Waals surface area contributed by atoms with E-state index in [1.807, 2.05) is 12.1 Å². The van der Waals surface area contributed by atoms with Crippen LogP contribution < -0.4 is 4.74 Å². The number of likely N-dealkylation sites (tertiary alicyclic amines) is 1. The standard InChI is InChI=1S/C14H16BrNO5/c15-9-2-1-3-11(6-9)21-5-4-13(18)16-8-10(17)7-12(16)14(19)20/h1-3,6,10,12,17H,4-5,7-8H2,(H,19,20)/t10-,12-/m1/s1. The summed E-state index contributed by atoms with van der Waals surface area (Å²) in [6.07, 6.45) is -0.627. The van der Waals surface area contributed by atoms with E-state index in [1.54, 1.807) is 12.1 Å². The molecule has 1 aliphatic heterocycles. The molecule has 114 valence electrons. The van der Waals surface area contributed by atoms with E-state index in [9.17, 15) is 14.7 Å². The number of benzene rings is 1. The molecule has 2 atom stereocenters. The number of carbonyl (C=O) groups excluding carboxylic acids is 1. The first-order valence-corrected chi connectivity index (χ1v) is 7.35. The Morgan fingerprint density at radius 1 is 1.43 bits per heavy atom. The first-order valence-electron chi connectivity index (χ1n) is 6.56. The minimum absolute atomic E-state index is 0.0622. The van der Waals surface area contributed by atoms with Crippen molar-refractivity contribution < 1.29 is 24.5 Å². The van der Waals surface area contributed by atoms with E-state index in [0.29, 0.717) is 5.75 Å². The molecule has 0 bridgehead atoms. The predicted octanol–water partition coefficient (Wildman–Crippen LogP) is 1.26. The van der Waals surface area contributed by atoms with E-state index in [1.165, 1.54) is 4.90 Å². The van der Waals surface area contributed by atoms with Crippen LogP contribution in [0.5, 0.6) is 5.75 Å². The molecule has 1 saturated heterocycles. The second-order valence-corrected chi connectivity index (χ2v) is 5.76. The van der Waals surface area contributed by atoms with Gasteiger partial charge >= 0.3 is 5.97 Å². The van der Waals surface area contributed by atoms with Crippen molar-refractivity contribution in [3.63, 3.8) is 0 Å². The fraction of sp³-hybridized carbons (Fsp3) is 0.429. The zero-order chi connectivity index (χ0) is 15.4. The molecule has 1 aromatic rings. The van der Waals surface area contributed by atoms with E-state index in [0.717, 1.165) is 4.47 Å². The monoisotopic (exact) mass is 357 g/mol. The molecule has 1 aliphatic rings. The quantitative estimate of drug-likeness (QED) is 0.828. The lowest BCUT2D eigenvalue weighted by Crippen LogP contribution is -2.41. The third-order valence-corrected chi connectivity index (χ3v) is 3.76. The van der Waals surface area contributed by atoms with Crippen LogP contribution in [0.25, 0.3) is 0 Å². The lowest BCUT2D eigenvalue weighted by molar-refractivity contribution is -0.148. The highest BCUT2D eigenvalue weighted by molar-refractivity contribution is 9.10. The van der Waals surface area contributed by atoms with Crippen LogP contribution in [-0.4, -0.2) is 52.3 Å². The van der Waals surface area contributed by atoms with E-state index < -0.39 is 18.1 Å². The number of aliphatic hydroxyl groups is 1. The highest BCUT2D eigenvalue weighted by Crippen LogP contribution is 2.20. The molecule has 0 aromatic heterocycles. The first-order chi connectivity index (χ1) is 9.97. The summed E-state index contributed by atoms with van der Waals surface area (Å²) < 4.78 is 6.33. The molecule has 0 saturated carbocycles. The number of aliphatic carboxylic acids is 1. The largest absolute Gasteiger partial charge is 0.493 e. The van der Waals surface area contributed by atoms with E-state index in [4.69, 9.17) is 9.84 Å². The number of rotatable bonds is 5. The molecule has 1 amide bonds. The molecule has 0 radical (unpaired) electrons. The number of β-amino-alcohol motifs (C(OH)–C–C–N with tert-alkyl or cyclic N) is 1. The van der Waals surface area contributed by atoms with Gasteiger partial charge < -0.3 is 19.8 Å². The second-order valence-electron chi connectivity index (χ2n) is 4.85. The van der Waals surface area contributed by atoms with Crippen LogP contribution >= 0.6 is 15.9 Å². The normalized spacial score (nSPS) is 21.3. The Morgan fingerprint density at radius 3 is 2.86 bits per heavy atom. The van der Waals surface area contributed by atoms with Crippen molar-refractivity contribution in [3.05, 3.63) is 28.7 Å². The Kier molecular flexibility index (Phi) is 5.19. The van der Waals surface area contributed by atoms with E-state index in [2.05, 4.69) is 15.9 Å². The van der Waals surface area contributed by atoms with Crippen LogP contribution in [0.3, 0.4) is 0 Å². The number of carbonyl (C=O) groups is 2. The van der Waals surface area contributed by atoms with Crippen LogP contribution in [-0.2, 0) is 9.59 Å². The van der Waals surface area contributed by atoms with E-state index in [-0.39, 0.29) is 31.9 Å². The highest BCUT2D eigenvalue weighted by atomic mass is 79.9. The van der Waals surface area contributed by atoms with Gasteiger partial charge in [-0.3, -0.25) is 4.79 Å². The first kappa shape index (κ1) is 15.8.